The summed E-state index contributed by atoms with van der Waals surface area (Å²) in [5.74, 6) is 0.522. The van der Waals surface area contributed by atoms with Gasteiger partial charge in [-0.1, -0.05) is 23.5 Å². The second-order valence-electron chi connectivity index (χ2n) is 6.77. The molecule has 0 saturated carbocycles. The number of nitrogens with zero attached hydrogens (tertiary/aromatic N) is 3. The highest BCUT2D eigenvalue weighted by Crippen LogP contribution is 2.28. The number of carbonyl (C=O) groups is 2. The van der Waals surface area contributed by atoms with Gasteiger partial charge in [-0.05, 0) is 49.7 Å². The molecule has 3 amide bonds. The summed E-state index contributed by atoms with van der Waals surface area (Å²) < 4.78 is 6.47. The van der Waals surface area contributed by atoms with Gasteiger partial charge >= 0.3 is 6.03 Å². The van der Waals surface area contributed by atoms with Gasteiger partial charge in [0, 0.05) is 18.8 Å². The van der Waals surface area contributed by atoms with Crippen molar-refractivity contribution in [2.24, 2.45) is 0 Å². The molecule has 1 saturated heterocycles. The quantitative estimate of drug-likeness (QED) is 0.669. The van der Waals surface area contributed by atoms with E-state index in [0.717, 1.165) is 27.2 Å². The Labute approximate surface area is 172 Å². The summed E-state index contributed by atoms with van der Waals surface area (Å²) in [6.45, 7) is 5.56. The highest BCUT2D eigenvalue weighted by atomic mass is 32.1. The van der Waals surface area contributed by atoms with E-state index in [-0.39, 0.29) is 18.5 Å². The molecule has 3 aromatic rings. The minimum atomic E-state index is -0.247. The Morgan fingerprint density at radius 1 is 1.21 bits per heavy atom. The molecular weight excluding hydrogens is 388 g/mol. The SMILES string of the molecule is CCOc1ccc(N2CCN(CC(=O)Nc3nc4c(C)cccc4s3)C2=O)cc1. The minimum Gasteiger partial charge on any atom is -0.494 e. The summed E-state index contributed by atoms with van der Waals surface area (Å²) in [6.07, 6.45) is 0. The van der Waals surface area contributed by atoms with E-state index in [1.807, 2.05) is 56.3 Å². The van der Waals surface area contributed by atoms with Crippen LogP contribution in [0.5, 0.6) is 5.75 Å². The fourth-order valence-electron chi connectivity index (χ4n) is 3.33. The molecule has 1 aromatic heterocycles. The number of benzene rings is 2. The number of nitrogens with one attached hydrogen (secondary N) is 1. The lowest BCUT2D eigenvalue weighted by molar-refractivity contribution is -0.116. The molecule has 0 aliphatic carbocycles. The van der Waals surface area contributed by atoms with Crippen LogP contribution in [0.1, 0.15) is 12.5 Å². The van der Waals surface area contributed by atoms with Crippen LogP contribution in [0.15, 0.2) is 42.5 Å². The molecule has 4 rings (SSSR count). The Morgan fingerprint density at radius 2 is 2.00 bits per heavy atom. The molecule has 1 fully saturated rings. The van der Waals surface area contributed by atoms with Crippen LogP contribution in [0.4, 0.5) is 15.6 Å². The standard InChI is InChI=1S/C21H22N4O3S/c1-3-28-16-9-7-15(8-10-16)25-12-11-24(21(25)27)13-18(26)22-20-23-19-14(2)5-4-6-17(19)29-20/h4-10H,3,11-13H2,1-2H3,(H,22,23,26). The van der Waals surface area contributed by atoms with Crippen LogP contribution in [0.3, 0.4) is 0 Å². The molecule has 1 aliphatic heterocycles. The van der Waals surface area contributed by atoms with Gasteiger partial charge in [0.1, 0.15) is 12.3 Å². The molecule has 0 radical (unpaired) electrons. The molecule has 2 heterocycles. The molecule has 0 atom stereocenters. The van der Waals surface area contributed by atoms with Crippen molar-refractivity contribution in [2.45, 2.75) is 13.8 Å². The fraction of sp³-hybridized carbons (Fsp3) is 0.286. The van der Waals surface area contributed by atoms with Crippen LogP contribution in [0.25, 0.3) is 10.2 Å². The maximum atomic E-state index is 12.7. The molecule has 1 N–H and O–H groups in total. The highest BCUT2D eigenvalue weighted by Gasteiger charge is 2.31. The van der Waals surface area contributed by atoms with Crippen molar-refractivity contribution in [3.05, 3.63) is 48.0 Å². The first-order valence-electron chi connectivity index (χ1n) is 9.50. The van der Waals surface area contributed by atoms with E-state index in [1.54, 1.807) is 9.80 Å². The average Bonchev–Trinajstić information content (AvgIpc) is 3.27. The molecular formula is C21H22N4O3S. The van der Waals surface area contributed by atoms with Gasteiger partial charge in [-0.25, -0.2) is 9.78 Å². The fourth-order valence-corrected chi connectivity index (χ4v) is 4.29. The number of hydrogen-bond acceptors (Lipinski definition) is 5. The smallest absolute Gasteiger partial charge is 0.325 e. The first-order valence-corrected chi connectivity index (χ1v) is 10.3. The predicted molar refractivity (Wildman–Crippen MR) is 115 cm³/mol. The van der Waals surface area contributed by atoms with Gasteiger partial charge in [0.2, 0.25) is 5.91 Å². The Kier molecular flexibility index (Phi) is 5.35. The summed E-state index contributed by atoms with van der Waals surface area (Å²) in [6, 6.07) is 13.2. The Bertz CT molecular complexity index is 1050. The second kappa shape index (κ2) is 8.08. The highest BCUT2D eigenvalue weighted by molar-refractivity contribution is 7.22. The lowest BCUT2D eigenvalue weighted by Gasteiger charge is -2.18. The van der Waals surface area contributed by atoms with Gasteiger partial charge in [0.15, 0.2) is 5.13 Å². The van der Waals surface area contributed by atoms with E-state index in [9.17, 15) is 9.59 Å². The number of thiazole rings is 1. The van der Waals surface area contributed by atoms with E-state index < -0.39 is 0 Å². The van der Waals surface area contributed by atoms with Crippen molar-refractivity contribution in [2.75, 3.05) is 36.5 Å². The van der Waals surface area contributed by atoms with Crippen molar-refractivity contribution in [1.29, 1.82) is 0 Å². The summed E-state index contributed by atoms with van der Waals surface area (Å²) in [4.78, 5) is 32.9. The van der Waals surface area contributed by atoms with Gasteiger partial charge in [-0.2, -0.15) is 0 Å². The first-order chi connectivity index (χ1) is 14.0. The summed E-state index contributed by atoms with van der Waals surface area (Å²) in [5.41, 5.74) is 2.76. The van der Waals surface area contributed by atoms with Crippen LogP contribution in [-0.2, 0) is 4.79 Å². The molecule has 2 aromatic carbocycles. The summed E-state index contributed by atoms with van der Waals surface area (Å²) in [5, 5.41) is 3.37. The number of aryl methyl sites for hydroxylation is 1. The third-order valence-electron chi connectivity index (χ3n) is 4.76. The summed E-state index contributed by atoms with van der Waals surface area (Å²) >= 11 is 1.43. The molecule has 7 nitrogen and oxygen atoms in total. The minimum absolute atomic E-state index is 0.00126. The van der Waals surface area contributed by atoms with E-state index in [2.05, 4.69) is 10.3 Å². The number of fused-ring (bicyclic) bond motifs is 1. The zero-order chi connectivity index (χ0) is 20.4. The van der Waals surface area contributed by atoms with Crippen molar-refractivity contribution >= 4 is 44.3 Å². The maximum Gasteiger partial charge on any atom is 0.325 e. The third-order valence-corrected chi connectivity index (χ3v) is 5.69. The monoisotopic (exact) mass is 410 g/mol. The molecule has 1 aliphatic rings. The van der Waals surface area contributed by atoms with Crippen molar-refractivity contribution in [3.63, 3.8) is 0 Å². The average molecular weight is 410 g/mol. The van der Waals surface area contributed by atoms with Crippen LogP contribution in [-0.4, -0.2) is 48.1 Å². The number of amides is 3. The molecule has 8 heteroatoms. The molecule has 0 unspecified atom stereocenters. The zero-order valence-corrected chi connectivity index (χ0v) is 17.2. The number of aromatic nitrogens is 1. The number of rotatable bonds is 6. The Hall–Kier alpha value is -3.13. The number of hydrogen-bond donors (Lipinski definition) is 1. The van der Waals surface area contributed by atoms with Gasteiger partial charge < -0.3 is 15.0 Å². The number of urea groups is 1. The lowest BCUT2D eigenvalue weighted by atomic mass is 10.2. The van der Waals surface area contributed by atoms with Crippen LogP contribution >= 0.6 is 11.3 Å². The lowest BCUT2D eigenvalue weighted by Crippen LogP contribution is -2.37. The van der Waals surface area contributed by atoms with E-state index in [4.69, 9.17) is 4.74 Å². The van der Waals surface area contributed by atoms with Gasteiger partial charge in [-0.3, -0.25) is 9.69 Å². The summed E-state index contributed by atoms with van der Waals surface area (Å²) in [7, 11) is 0. The molecule has 0 bridgehead atoms. The van der Waals surface area contributed by atoms with Crippen molar-refractivity contribution in [1.82, 2.24) is 9.88 Å². The van der Waals surface area contributed by atoms with Gasteiger partial charge in [0.05, 0.1) is 16.8 Å². The van der Waals surface area contributed by atoms with Gasteiger partial charge in [-0.15, -0.1) is 0 Å². The maximum absolute atomic E-state index is 12.7. The van der Waals surface area contributed by atoms with Gasteiger partial charge in [0.25, 0.3) is 0 Å². The normalized spacial score (nSPS) is 13.9. The molecule has 150 valence electrons. The molecule has 0 spiro atoms. The number of carbonyl (C=O) groups excluding carboxylic acids is 2. The van der Waals surface area contributed by atoms with Crippen LogP contribution < -0.4 is 15.0 Å². The van der Waals surface area contributed by atoms with Crippen LogP contribution in [0.2, 0.25) is 0 Å². The number of ether oxygens (including phenoxy) is 1. The number of para-hydroxylation sites is 1. The first kappa shape index (κ1) is 19.2. The van der Waals surface area contributed by atoms with Crippen LogP contribution in [0, 0.1) is 6.92 Å². The molecule has 29 heavy (non-hydrogen) atoms. The topological polar surface area (TPSA) is 74.8 Å². The van der Waals surface area contributed by atoms with E-state index in [0.29, 0.717) is 24.8 Å². The van der Waals surface area contributed by atoms with E-state index in [1.165, 1.54) is 11.3 Å². The van der Waals surface area contributed by atoms with Crippen molar-refractivity contribution < 1.29 is 14.3 Å². The Balaban J connectivity index is 1.38. The predicted octanol–water partition coefficient (Wildman–Crippen LogP) is 3.88. The second-order valence-corrected chi connectivity index (χ2v) is 7.80. The number of anilines is 2. The largest absolute Gasteiger partial charge is 0.494 e. The zero-order valence-electron chi connectivity index (χ0n) is 16.3. The van der Waals surface area contributed by atoms with Crippen molar-refractivity contribution in [3.8, 4) is 5.75 Å². The van der Waals surface area contributed by atoms with E-state index >= 15 is 0 Å². The third kappa shape index (κ3) is 4.02. The Morgan fingerprint density at radius 3 is 2.72 bits per heavy atom.